The number of sulfonamides is 1. The van der Waals surface area contributed by atoms with Crippen LogP contribution in [0.3, 0.4) is 0 Å². The van der Waals surface area contributed by atoms with Gasteiger partial charge >= 0.3 is 6.36 Å². The van der Waals surface area contributed by atoms with E-state index in [-0.39, 0.29) is 10.6 Å². The minimum absolute atomic E-state index is 0.0938. The molecule has 0 heterocycles. The first-order valence-corrected chi connectivity index (χ1v) is 8.08. The summed E-state index contributed by atoms with van der Waals surface area (Å²) in [6.07, 6.45) is -4.92. The molecule has 0 spiro atoms. The molecule has 2 rings (SSSR count). The van der Waals surface area contributed by atoms with E-state index in [1.165, 1.54) is 36.4 Å². The Balaban J connectivity index is 2.34. The lowest BCUT2D eigenvalue weighted by Crippen LogP contribution is -2.19. The van der Waals surface area contributed by atoms with Crippen LogP contribution in [0, 0.1) is 0 Å². The van der Waals surface area contributed by atoms with Gasteiger partial charge in [-0.2, -0.15) is 0 Å². The van der Waals surface area contributed by atoms with Crippen molar-refractivity contribution in [3.63, 3.8) is 0 Å². The van der Waals surface area contributed by atoms with Crippen molar-refractivity contribution >= 4 is 31.6 Å². The van der Waals surface area contributed by atoms with E-state index in [1.807, 2.05) is 0 Å². The molecule has 0 aromatic heterocycles. The minimum Gasteiger partial charge on any atom is -0.404 e. The van der Waals surface area contributed by atoms with E-state index in [4.69, 9.17) is 0 Å². The van der Waals surface area contributed by atoms with Crippen molar-refractivity contribution in [1.82, 2.24) is 0 Å². The highest BCUT2D eigenvalue weighted by molar-refractivity contribution is 9.10. The molecule has 9 heteroatoms. The van der Waals surface area contributed by atoms with Crippen molar-refractivity contribution < 1.29 is 26.3 Å². The largest absolute Gasteiger partial charge is 0.573 e. The van der Waals surface area contributed by atoms with E-state index in [2.05, 4.69) is 25.4 Å². The van der Waals surface area contributed by atoms with Gasteiger partial charge in [0.05, 0.1) is 10.6 Å². The maximum Gasteiger partial charge on any atom is 0.573 e. The van der Waals surface area contributed by atoms with E-state index < -0.39 is 22.1 Å². The second-order valence-electron chi connectivity index (χ2n) is 4.11. The van der Waals surface area contributed by atoms with E-state index in [0.29, 0.717) is 4.47 Å². The molecule has 22 heavy (non-hydrogen) atoms. The monoisotopic (exact) mass is 395 g/mol. The third-order valence-corrected chi connectivity index (χ3v) is 4.32. The van der Waals surface area contributed by atoms with E-state index >= 15 is 0 Å². The van der Waals surface area contributed by atoms with Crippen molar-refractivity contribution in [2.75, 3.05) is 4.72 Å². The van der Waals surface area contributed by atoms with Crippen LogP contribution in [0.15, 0.2) is 57.9 Å². The summed E-state index contributed by atoms with van der Waals surface area (Å²) < 4.78 is 67.8. The number of halogens is 4. The molecule has 4 nitrogen and oxygen atoms in total. The summed E-state index contributed by atoms with van der Waals surface area (Å²) in [6.45, 7) is 0. The van der Waals surface area contributed by atoms with Crippen LogP contribution >= 0.6 is 15.9 Å². The van der Waals surface area contributed by atoms with Gasteiger partial charge < -0.3 is 4.74 Å². The van der Waals surface area contributed by atoms with E-state index in [1.54, 1.807) is 6.07 Å². The lowest BCUT2D eigenvalue weighted by atomic mass is 10.3. The number of nitrogens with one attached hydrogen (secondary N) is 1. The Morgan fingerprint density at radius 1 is 1.05 bits per heavy atom. The van der Waals surface area contributed by atoms with Gasteiger partial charge in [-0.25, -0.2) is 8.42 Å². The van der Waals surface area contributed by atoms with Gasteiger partial charge in [-0.05, 0) is 30.3 Å². The second kappa shape index (κ2) is 6.17. The van der Waals surface area contributed by atoms with Crippen molar-refractivity contribution in [3.05, 3.63) is 53.0 Å². The summed E-state index contributed by atoms with van der Waals surface area (Å²) in [4.78, 5) is -0.0938. The molecule has 0 aliphatic rings. The number of anilines is 1. The topological polar surface area (TPSA) is 55.4 Å². The predicted molar refractivity (Wildman–Crippen MR) is 78.1 cm³/mol. The molecule has 0 saturated carbocycles. The highest BCUT2D eigenvalue weighted by Crippen LogP contribution is 2.31. The van der Waals surface area contributed by atoms with Gasteiger partial charge in [-0.15, -0.1) is 13.2 Å². The molecule has 0 radical (unpaired) electrons. The van der Waals surface area contributed by atoms with Gasteiger partial charge in [0, 0.05) is 4.47 Å². The number of alkyl halides is 3. The zero-order valence-electron chi connectivity index (χ0n) is 10.8. The molecule has 0 bridgehead atoms. The lowest BCUT2D eigenvalue weighted by Gasteiger charge is -2.14. The van der Waals surface area contributed by atoms with Crippen molar-refractivity contribution in [2.24, 2.45) is 0 Å². The molecular formula is C13H9BrF3NO3S. The fourth-order valence-electron chi connectivity index (χ4n) is 1.60. The highest BCUT2D eigenvalue weighted by Gasteiger charge is 2.32. The van der Waals surface area contributed by atoms with Crippen molar-refractivity contribution in [1.29, 1.82) is 0 Å². The van der Waals surface area contributed by atoms with Gasteiger partial charge in [0.2, 0.25) is 0 Å². The summed E-state index contributed by atoms with van der Waals surface area (Å²) in [5, 5.41) is 0. The maximum atomic E-state index is 12.3. The zero-order chi connectivity index (χ0) is 16.4. The Morgan fingerprint density at radius 3 is 2.36 bits per heavy atom. The van der Waals surface area contributed by atoms with E-state index in [0.717, 1.165) is 6.07 Å². The third-order valence-electron chi connectivity index (χ3n) is 2.46. The number of rotatable bonds is 4. The van der Waals surface area contributed by atoms with Crippen molar-refractivity contribution in [2.45, 2.75) is 11.3 Å². The summed E-state index contributed by atoms with van der Waals surface area (Å²) in [7, 11) is -4.04. The standard InChI is InChI=1S/C13H9BrF3NO3S/c14-9-4-3-5-10(8-9)22(19,20)18-11-6-1-2-7-12(11)21-13(15,16)17/h1-8,18H. The Kier molecular flexibility index (Phi) is 4.66. The molecule has 0 saturated heterocycles. The molecule has 1 N–H and O–H groups in total. The molecule has 0 fully saturated rings. The number of hydrogen-bond acceptors (Lipinski definition) is 3. The van der Waals surface area contributed by atoms with Crippen LogP contribution in [0.1, 0.15) is 0 Å². The molecule has 118 valence electrons. The van der Waals surface area contributed by atoms with Crippen LogP contribution in [0.2, 0.25) is 0 Å². The number of para-hydroxylation sites is 2. The Labute approximate surface area is 133 Å². The molecule has 2 aromatic rings. The molecule has 0 amide bonds. The first-order chi connectivity index (χ1) is 10.2. The molecular weight excluding hydrogens is 387 g/mol. The van der Waals surface area contributed by atoms with Gasteiger partial charge in [-0.3, -0.25) is 4.72 Å². The van der Waals surface area contributed by atoms with Crippen LogP contribution in [0.5, 0.6) is 5.75 Å². The van der Waals surface area contributed by atoms with E-state index in [9.17, 15) is 21.6 Å². The minimum atomic E-state index is -4.92. The zero-order valence-corrected chi connectivity index (χ0v) is 13.2. The number of hydrogen-bond donors (Lipinski definition) is 1. The highest BCUT2D eigenvalue weighted by atomic mass is 79.9. The average molecular weight is 396 g/mol. The van der Waals surface area contributed by atoms with Crippen molar-refractivity contribution in [3.8, 4) is 5.75 Å². The van der Waals surface area contributed by atoms with Crippen LogP contribution in [-0.4, -0.2) is 14.8 Å². The first-order valence-electron chi connectivity index (χ1n) is 5.80. The first kappa shape index (κ1) is 16.6. The second-order valence-corrected chi connectivity index (χ2v) is 6.70. The Bertz CT molecular complexity index is 778. The SMILES string of the molecule is O=S(=O)(Nc1ccccc1OC(F)(F)F)c1cccc(Br)c1. The smallest absolute Gasteiger partial charge is 0.404 e. The summed E-state index contributed by atoms with van der Waals surface area (Å²) in [5.41, 5.74) is -0.306. The van der Waals surface area contributed by atoms with Gasteiger partial charge in [0.15, 0.2) is 5.75 Å². The Morgan fingerprint density at radius 2 is 1.73 bits per heavy atom. The number of ether oxygens (including phenoxy) is 1. The Hall–Kier alpha value is -1.74. The third kappa shape index (κ3) is 4.38. The maximum absolute atomic E-state index is 12.3. The van der Waals surface area contributed by atoms with Gasteiger partial charge in [0.1, 0.15) is 0 Å². The summed E-state index contributed by atoms with van der Waals surface area (Å²) in [6, 6.07) is 10.7. The summed E-state index contributed by atoms with van der Waals surface area (Å²) in [5.74, 6) is -0.631. The number of benzene rings is 2. The van der Waals surface area contributed by atoms with Crippen LogP contribution < -0.4 is 9.46 Å². The van der Waals surface area contributed by atoms with Crippen LogP contribution in [0.4, 0.5) is 18.9 Å². The van der Waals surface area contributed by atoms with Crippen LogP contribution in [-0.2, 0) is 10.0 Å². The molecule has 0 aliphatic heterocycles. The predicted octanol–water partition coefficient (Wildman–Crippen LogP) is 4.15. The molecule has 0 atom stereocenters. The van der Waals surface area contributed by atoms with Gasteiger partial charge in [-0.1, -0.05) is 34.1 Å². The fourth-order valence-corrected chi connectivity index (χ4v) is 3.27. The fraction of sp³-hybridized carbons (Fsp3) is 0.0769. The van der Waals surface area contributed by atoms with Gasteiger partial charge in [0.25, 0.3) is 10.0 Å². The lowest BCUT2D eigenvalue weighted by molar-refractivity contribution is -0.274. The average Bonchev–Trinajstić information content (AvgIpc) is 2.39. The summed E-state index contributed by atoms with van der Waals surface area (Å²) >= 11 is 3.13. The quantitative estimate of drug-likeness (QED) is 0.845. The van der Waals surface area contributed by atoms with Crippen LogP contribution in [0.25, 0.3) is 0 Å². The molecule has 0 unspecified atom stereocenters. The molecule has 0 aliphatic carbocycles. The molecule has 2 aromatic carbocycles. The normalized spacial score (nSPS) is 12.0.